The zero-order chi connectivity index (χ0) is 15.9. The van der Waals surface area contributed by atoms with Gasteiger partial charge in [-0.3, -0.25) is 10.1 Å². The molecule has 0 saturated carbocycles. The van der Waals surface area contributed by atoms with Crippen molar-refractivity contribution in [1.29, 1.82) is 0 Å². The van der Waals surface area contributed by atoms with E-state index in [-0.39, 0.29) is 16.3 Å². The highest BCUT2D eigenvalue weighted by molar-refractivity contribution is 7.89. The first-order valence-electron chi connectivity index (χ1n) is 6.41. The first-order valence-corrected chi connectivity index (χ1v) is 7.89. The zero-order valence-corrected chi connectivity index (χ0v) is 12.6. The van der Waals surface area contributed by atoms with Gasteiger partial charge in [0.1, 0.15) is 5.69 Å². The van der Waals surface area contributed by atoms with Gasteiger partial charge in [-0.2, -0.15) is 0 Å². The van der Waals surface area contributed by atoms with Crippen molar-refractivity contribution in [2.45, 2.75) is 24.2 Å². The number of rotatable bonds is 9. The molecule has 21 heavy (non-hydrogen) atoms. The first-order chi connectivity index (χ1) is 9.88. The van der Waals surface area contributed by atoms with E-state index in [1.165, 1.54) is 6.07 Å². The van der Waals surface area contributed by atoms with E-state index in [2.05, 4.69) is 4.72 Å². The number of unbranched alkanes of at least 4 members (excludes halogenated alkanes) is 2. The number of nitrogens with one attached hydrogen (secondary N) is 1. The number of nitrogens with zero attached hydrogens (tertiary/aromatic N) is 1. The minimum atomic E-state index is -3.70. The van der Waals surface area contributed by atoms with Crippen molar-refractivity contribution in [3.05, 3.63) is 28.3 Å². The van der Waals surface area contributed by atoms with Gasteiger partial charge in [0.25, 0.3) is 5.69 Å². The Morgan fingerprint density at radius 2 is 2.05 bits per heavy atom. The molecule has 0 aliphatic heterocycles. The Balaban J connectivity index is 2.62. The molecule has 0 atom stereocenters. The van der Waals surface area contributed by atoms with Crippen LogP contribution >= 0.6 is 0 Å². The van der Waals surface area contributed by atoms with Crippen LogP contribution < -0.4 is 10.5 Å². The Morgan fingerprint density at radius 3 is 2.62 bits per heavy atom. The number of sulfonamides is 1. The molecule has 0 aliphatic rings. The molecule has 1 aromatic carbocycles. The van der Waals surface area contributed by atoms with Crippen molar-refractivity contribution in [2.24, 2.45) is 0 Å². The molecular formula is C12H19N3O5S. The molecule has 0 bridgehead atoms. The summed E-state index contributed by atoms with van der Waals surface area (Å²) < 4.78 is 31.3. The molecule has 0 radical (unpaired) electrons. The van der Waals surface area contributed by atoms with Gasteiger partial charge in [0.05, 0.1) is 9.82 Å². The van der Waals surface area contributed by atoms with Crippen LogP contribution in [0.3, 0.4) is 0 Å². The molecule has 118 valence electrons. The molecule has 1 rings (SSSR count). The fourth-order valence-electron chi connectivity index (χ4n) is 1.70. The van der Waals surface area contributed by atoms with E-state index < -0.39 is 14.9 Å². The number of nitrogens with two attached hydrogens (primary N) is 1. The Kier molecular flexibility index (Phi) is 6.53. The van der Waals surface area contributed by atoms with Gasteiger partial charge in [0.2, 0.25) is 10.0 Å². The number of nitro groups is 1. The van der Waals surface area contributed by atoms with Crippen LogP contribution in [0.4, 0.5) is 11.4 Å². The molecule has 0 saturated heterocycles. The largest absolute Gasteiger partial charge is 0.393 e. The molecule has 0 heterocycles. The van der Waals surface area contributed by atoms with Crippen molar-refractivity contribution in [3.63, 3.8) is 0 Å². The minimum Gasteiger partial charge on any atom is -0.393 e. The lowest BCUT2D eigenvalue weighted by Gasteiger charge is -2.07. The van der Waals surface area contributed by atoms with Gasteiger partial charge in [-0.25, -0.2) is 13.1 Å². The van der Waals surface area contributed by atoms with E-state index in [1.807, 2.05) is 0 Å². The van der Waals surface area contributed by atoms with E-state index in [0.717, 1.165) is 25.0 Å². The van der Waals surface area contributed by atoms with Crippen LogP contribution in [-0.2, 0) is 14.8 Å². The summed E-state index contributed by atoms with van der Waals surface area (Å²) in [5.41, 5.74) is 4.99. The summed E-state index contributed by atoms with van der Waals surface area (Å²) in [6.45, 7) is 0.939. The number of methoxy groups -OCH3 is 1. The lowest BCUT2D eigenvalue weighted by Crippen LogP contribution is -2.25. The second-order valence-electron chi connectivity index (χ2n) is 4.43. The van der Waals surface area contributed by atoms with Gasteiger partial charge in [-0.1, -0.05) is 0 Å². The number of hydrogen-bond acceptors (Lipinski definition) is 6. The number of benzene rings is 1. The van der Waals surface area contributed by atoms with Crippen LogP contribution in [0, 0.1) is 10.1 Å². The molecule has 0 aliphatic carbocycles. The predicted molar refractivity (Wildman–Crippen MR) is 78.4 cm³/mol. The van der Waals surface area contributed by atoms with Crippen LogP contribution in [0.5, 0.6) is 0 Å². The van der Waals surface area contributed by atoms with E-state index in [4.69, 9.17) is 10.5 Å². The third kappa shape index (κ3) is 5.29. The second kappa shape index (κ2) is 7.91. The predicted octanol–water partition coefficient (Wildman–Crippen LogP) is 1.27. The third-order valence-corrected chi connectivity index (χ3v) is 4.28. The van der Waals surface area contributed by atoms with Crippen LogP contribution in [0.25, 0.3) is 0 Å². The number of nitrogen functional groups attached to an aromatic ring is 1. The SMILES string of the molecule is COCCCCCNS(=O)(=O)c1ccc([N+](=O)[O-])c(N)c1. The Morgan fingerprint density at radius 1 is 1.33 bits per heavy atom. The number of anilines is 1. The number of ether oxygens (including phenoxy) is 1. The van der Waals surface area contributed by atoms with E-state index in [9.17, 15) is 18.5 Å². The highest BCUT2D eigenvalue weighted by Crippen LogP contribution is 2.24. The molecule has 0 spiro atoms. The topological polar surface area (TPSA) is 125 Å². The maximum absolute atomic E-state index is 12.0. The van der Waals surface area contributed by atoms with Gasteiger partial charge in [-0.15, -0.1) is 0 Å². The number of nitro benzene ring substituents is 1. The van der Waals surface area contributed by atoms with Crippen molar-refractivity contribution in [1.82, 2.24) is 4.72 Å². The average molecular weight is 317 g/mol. The standard InChI is InChI=1S/C12H19N3O5S/c1-20-8-4-2-3-7-14-21(18,19)10-5-6-12(15(16)17)11(13)9-10/h5-6,9,14H,2-4,7-8,13H2,1H3. The minimum absolute atomic E-state index is 0.0810. The summed E-state index contributed by atoms with van der Waals surface area (Å²) in [5.74, 6) is 0. The lowest BCUT2D eigenvalue weighted by atomic mass is 10.2. The molecule has 9 heteroatoms. The van der Waals surface area contributed by atoms with Gasteiger partial charge >= 0.3 is 0 Å². The fourth-order valence-corrected chi connectivity index (χ4v) is 2.81. The highest BCUT2D eigenvalue weighted by Gasteiger charge is 2.18. The Hall–Kier alpha value is -1.71. The van der Waals surface area contributed by atoms with Gasteiger partial charge in [0.15, 0.2) is 0 Å². The molecule has 1 aromatic rings. The van der Waals surface area contributed by atoms with Crippen molar-refractivity contribution in [2.75, 3.05) is 26.0 Å². The summed E-state index contributed by atoms with van der Waals surface area (Å²) in [6.07, 6.45) is 2.40. The van der Waals surface area contributed by atoms with Crippen LogP contribution in [0.15, 0.2) is 23.1 Å². The van der Waals surface area contributed by atoms with Crippen molar-refractivity contribution in [3.8, 4) is 0 Å². The molecule has 3 N–H and O–H groups in total. The summed E-state index contributed by atoms with van der Waals surface area (Å²) in [5, 5.41) is 10.6. The van der Waals surface area contributed by atoms with Crippen LogP contribution in [0.2, 0.25) is 0 Å². The van der Waals surface area contributed by atoms with Crippen LogP contribution in [0.1, 0.15) is 19.3 Å². The number of hydrogen-bond donors (Lipinski definition) is 2. The molecule has 0 unspecified atom stereocenters. The average Bonchev–Trinajstić information content (AvgIpc) is 2.42. The second-order valence-corrected chi connectivity index (χ2v) is 6.20. The quantitative estimate of drug-likeness (QED) is 0.306. The molecule has 0 amide bonds. The molecule has 8 nitrogen and oxygen atoms in total. The van der Waals surface area contributed by atoms with E-state index in [0.29, 0.717) is 19.6 Å². The first kappa shape index (κ1) is 17.3. The molecule has 0 fully saturated rings. The van der Waals surface area contributed by atoms with Gasteiger partial charge < -0.3 is 10.5 Å². The van der Waals surface area contributed by atoms with Crippen molar-refractivity contribution < 1.29 is 18.1 Å². The Bertz CT molecular complexity index is 589. The van der Waals surface area contributed by atoms with Gasteiger partial charge in [-0.05, 0) is 31.4 Å². The maximum Gasteiger partial charge on any atom is 0.292 e. The highest BCUT2D eigenvalue weighted by atomic mass is 32.2. The summed E-state index contributed by atoms with van der Waals surface area (Å²) in [4.78, 5) is 9.89. The summed E-state index contributed by atoms with van der Waals surface area (Å²) >= 11 is 0. The summed E-state index contributed by atoms with van der Waals surface area (Å²) in [7, 11) is -2.09. The molecular weight excluding hydrogens is 298 g/mol. The van der Waals surface area contributed by atoms with Crippen molar-refractivity contribution >= 4 is 21.4 Å². The fraction of sp³-hybridized carbons (Fsp3) is 0.500. The smallest absolute Gasteiger partial charge is 0.292 e. The monoisotopic (exact) mass is 317 g/mol. The van der Waals surface area contributed by atoms with Gasteiger partial charge in [0, 0.05) is 26.3 Å². The third-order valence-electron chi connectivity index (χ3n) is 2.82. The van der Waals surface area contributed by atoms with E-state index in [1.54, 1.807) is 7.11 Å². The maximum atomic E-state index is 12.0. The molecule has 0 aromatic heterocycles. The normalized spacial score (nSPS) is 11.5. The lowest BCUT2D eigenvalue weighted by molar-refractivity contribution is -0.383. The van der Waals surface area contributed by atoms with E-state index >= 15 is 0 Å². The Labute approximate surface area is 123 Å². The zero-order valence-electron chi connectivity index (χ0n) is 11.7. The summed E-state index contributed by atoms with van der Waals surface area (Å²) in [6, 6.07) is 3.34. The van der Waals surface area contributed by atoms with Crippen LogP contribution in [-0.4, -0.2) is 33.6 Å².